The Hall–Kier alpha value is -1.57. The van der Waals surface area contributed by atoms with Gasteiger partial charge in [0.2, 0.25) is 5.09 Å². The van der Waals surface area contributed by atoms with E-state index in [1.54, 1.807) is 18.2 Å². The molecule has 0 saturated heterocycles. The summed E-state index contributed by atoms with van der Waals surface area (Å²) in [7, 11) is -2.16. The zero-order valence-corrected chi connectivity index (χ0v) is 13.2. The lowest BCUT2D eigenvalue weighted by Crippen LogP contribution is -2.26. The molecule has 116 valence electrons. The molecule has 0 aliphatic heterocycles. The summed E-state index contributed by atoms with van der Waals surface area (Å²) < 4.78 is 36.5. The van der Waals surface area contributed by atoms with Gasteiger partial charge in [-0.3, -0.25) is 0 Å². The first-order valence-electron chi connectivity index (χ1n) is 6.70. The molecule has 0 aliphatic rings. The fourth-order valence-corrected chi connectivity index (χ4v) is 2.81. The average molecular weight is 312 g/mol. The van der Waals surface area contributed by atoms with Crippen molar-refractivity contribution in [1.29, 1.82) is 0 Å². The van der Waals surface area contributed by atoms with Crippen LogP contribution in [0.2, 0.25) is 0 Å². The predicted octanol–water partition coefficient (Wildman–Crippen LogP) is 2.19. The van der Waals surface area contributed by atoms with E-state index in [0.29, 0.717) is 24.1 Å². The number of hydrogen-bond donors (Lipinski definition) is 1. The van der Waals surface area contributed by atoms with Gasteiger partial charge in [-0.1, -0.05) is 13.8 Å². The summed E-state index contributed by atoms with van der Waals surface area (Å²) in [6, 6.07) is 6.90. The number of hydrogen-bond acceptors (Lipinski definition) is 5. The smallest absolute Gasteiger partial charge is 0.276 e. The number of nitrogens with one attached hydrogen (secondary N) is 1. The SMILES string of the molecule is CC(C)NCc1ccc(S(=O)(=O)N(C)Cc2ccco2)o1. The number of nitrogens with zero attached hydrogens (tertiary/aromatic N) is 1. The second-order valence-corrected chi connectivity index (χ2v) is 7.07. The van der Waals surface area contributed by atoms with Crippen molar-refractivity contribution in [3.05, 3.63) is 42.0 Å². The fraction of sp³-hybridized carbons (Fsp3) is 0.429. The lowest BCUT2D eigenvalue weighted by atomic mass is 10.3. The maximum atomic E-state index is 12.4. The minimum absolute atomic E-state index is 0.0582. The summed E-state index contributed by atoms with van der Waals surface area (Å²) in [5.41, 5.74) is 0. The highest BCUT2D eigenvalue weighted by molar-refractivity contribution is 7.88. The Bertz CT molecular complexity index is 659. The largest absolute Gasteiger partial charge is 0.468 e. The Kier molecular flexibility index (Phi) is 4.87. The zero-order chi connectivity index (χ0) is 15.5. The standard InChI is InChI=1S/C14H20N2O4S/c1-11(2)15-9-12-6-7-14(20-12)21(17,18)16(3)10-13-5-4-8-19-13/h4-8,11,15H,9-10H2,1-3H3. The van der Waals surface area contributed by atoms with Crippen molar-refractivity contribution >= 4 is 10.0 Å². The van der Waals surface area contributed by atoms with Gasteiger partial charge >= 0.3 is 0 Å². The van der Waals surface area contributed by atoms with Crippen molar-refractivity contribution in [1.82, 2.24) is 9.62 Å². The molecule has 2 heterocycles. The average Bonchev–Trinajstić information content (AvgIpc) is 3.07. The van der Waals surface area contributed by atoms with Gasteiger partial charge in [0.25, 0.3) is 10.0 Å². The Morgan fingerprint density at radius 2 is 2.00 bits per heavy atom. The van der Waals surface area contributed by atoms with Crippen LogP contribution in [0, 0.1) is 0 Å². The second kappa shape index (κ2) is 6.46. The monoisotopic (exact) mass is 312 g/mol. The van der Waals surface area contributed by atoms with E-state index < -0.39 is 10.0 Å². The van der Waals surface area contributed by atoms with Crippen molar-refractivity contribution in [2.75, 3.05) is 7.05 Å². The fourth-order valence-electron chi connectivity index (χ4n) is 1.76. The van der Waals surface area contributed by atoms with Crippen LogP contribution in [0.5, 0.6) is 0 Å². The molecule has 2 aromatic heterocycles. The Morgan fingerprint density at radius 3 is 2.62 bits per heavy atom. The predicted molar refractivity (Wildman–Crippen MR) is 78.0 cm³/mol. The van der Waals surface area contributed by atoms with Gasteiger partial charge in [-0.2, -0.15) is 4.31 Å². The van der Waals surface area contributed by atoms with Crippen LogP contribution in [0.4, 0.5) is 0 Å². The summed E-state index contributed by atoms with van der Waals surface area (Å²) in [4.78, 5) is 0. The highest BCUT2D eigenvalue weighted by Crippen LogP contribution is 2.19. The number of sulfonamides is 1. The van der Waals surface area contributed by atoms with E-state index in [0.717, 1.165) is 0 Å². The van der Waals surface area contributed by atoms with Crippen molar-refractivity contribution in [3.8, 4) is 0 Å². The third-order valence-corrected chi connectivity index (χ3v) is 4.62. The summed E-state index contributed by atoms with van der Waals surface area (Å²) in [5, 5.41) is 3.12. The Balaban J connectivity index is 2.08. The van der Waals surface area contributed by atoms with Crippen LogP contribution in [0.3, 0.4) is 0 Å². The second-order valence-electron chi connectivity index (χ2n) is 5.10. The van der Waals surface area contributed by atoms with E-state index in [4.69, 9.17) is 8.83 Å². The van der Waals surface area contributed by atoms with Gasteiger partial charge in [0.1, 0.15) is 11.5 Å². The van der Waals surface area contributed by atoms with Crippen LogP contribution in [-0.2, 0) is 23.1 Å². The highest BCUT2D eigenvalue weighted by atomic mass is 32.2. The van der Waals surface area contributed by atoms with Crippen molar-refractivity contribution in [2.45, 2.75) is 38.1 Å². The number of furan rings is 2. The summed E-state index contributed by atoms with van der Waals surface area (Å²) in [6.07, 6.45) is 1.51. The highest BCUT2D eigenvalue weighted by Gasteiger charge is 2.25. The minimum Gasteiger partial charge on any atom is -0.468 e. The van der Waals surface area contributed by atoms with E-state index in [1.165, 1.54) is 23.7 Å². The van der Waals surface area contributed by atoms with E-state index in [2.05, 4.69) is 5.32 Å². The van der Waals surface area contributed by atoms with Crippen LogP contribution in [0.25, 0.3) is 0 Å². The van der Waals surface area contributed by atoms with Crippen LogP contribution in [-0.4, -0.2) is 25.8 Å². The first-order valence-corrected chi connectivity index (χ1v) is 8.14. The first-order chi connectivity index (χ1) is 9.89. The topological polar surface area (TPSA) is 75.7 Å². The normalized spacial score (nSPS) is 12.4. The van der Waals surface area contributed by atoms with Crippen molar-refractivity contribution < 1.29 is 17.3 Å². The van der Waals surface area contributed by atoms with Gasteiger partial charge in [-0.25, -0.2) is 8.42 Å². The number of rotatable bonds is 7. The van der Waals surface area contributed by atoms with Gasteiger partial charge in [0, 0.05) is 13.1 Å². The molecule has 0 spiro atoms. The summed E-state index contributed by atoms with van der Waals surface area (Å²) in [6.45, 7) is 4.68. The molecule has 0 saturated carbocycles. The molecule has 7 heteroatoms. The van der Waals surface area contributed by atoms with E-state index in [-0.39, 0.29) is 11.6 Å². The van der Waals surface area contributed by atoms with Gasteiger partial charge in [0.15, 0.2) is 0 Å². The van der Waals surface area contributed by atoms with Gasteiger partial charge < -0.3 is 14.2 Å². The quantitative estimate of drug-likeness (QED) is 0.848. The maximum Gasteiger partial charge on any atom is 0.276 e. The first kappa shape index (κ1) is 15.8. The molecule has 0 fully saturated rings. The molecule has 0 unspecified atom stereocenters. The van der Waals surface area contributed by atoms with Crippen LogP contribution in [0.1, 0.15) is 25.4 Å². The molecule has 0 radical (unpaired) electrons. The molecular weight excluding hydrogens is 292 g/mol. The van der Waals surface area contributed by atoms with Crippen molar-refractivity contribution in [3.63, 3.8) is 0 Å². The molecule has 0 bridgehead atoms. The summed E-state index contributed by atoms with van der Waals surface area (Å²) >= 11 is 0. The molecule has 21 heavy (non-hydrogen) atoms. The van der Waals surface area contributed by atoms with E-state index in [9.17, 15) is 8.42 Å². The van der Waals surface area contributed by atoms with Crippen LogP contribution >= 0.6 is 0 Å². The molecule has 0 atom stereocenters. The maximum absolute atomic E-state index is 12.4. The molecular formula is C14H20N2O4S. The molecule has 0 amide bonds. The molecule has 0 aliphatic carbocycles. The van der Waals surface area contributed by atoms with E-state index >= 15 is 0 Å². The molecule has 0 aromatic carbocycles. The van der Waals surface area contributed by atoms with E-state index in [1.807, 2.05) is 13.8 Å². The third kappa shape index (κ3) is 3.96. The van der Waals surface area contributed by atoms with Crippen LogP contribution < -0.4 is 5.32 Å². The van der Waals surface area contributed by atoms with Crippen LogP contribution in [0.15, 0.2) is 44.5 Å². The van der Waals surface area contributed by atoms with Crippen molar-refractivity contribution in [2.24, 2.45) is 0 Å². The van der Waals surface area contributed by atoms with Gasteiger partial charge in [-0.05, 0) is 24.3 Å². The Morgan fingerprint density at radius 1 is 1.24 bits per heavy atom. The molecule has 2 aromatic rings. The molecule has 1 N–H and O–H groups in total. The van der Waals surface area contributed by atoms with Gasteiger partial charge in [0.05, 0.1) is 19.4 Å². The Labute approximate surface area is 124 Å². The lowest BCUT2D eigenvalue weighted by molar-refractivity contribution is 0.363. The zero-order valence-electron chi connectivity index (χ0n) is 12.4. The lowest BCUT2D eigenvalue weighted by Gasteiger charge is -2.13. The van der Waals surface area contributed by atoms with Gasteiger partial charge in [-0.15, -0.1) is 0 Å². The summed E-state index contributed by atoms with van der Waals surface area (Å²) in [5.74, 6) is 1.17. The molecule has 6 nitrogen and oxygen atoms in total. The molecule has 2 rings (SSSR count). The third-order valence-electron chi connectivity index (χ3n) is 2.94. The minimum atomic E-state index is -3.65.